The van der Waals surface area contributed by atoms with Gasteiger partial charge in [-0.2, -0.15) is 4.31 Å². The van der Waals surface area contributed by atoms with Gasteiger partial charge in [-0.25, -0.2) is 8.42 Å². The Morgan fingerprint density at radius 2 is 1.45 bits per heavy atom. The first-order valence-electron chi connectivity index (χ1n) is 15.1. The maximum absolute atomic E-state index is 13.2. The lowest BCUT2D eigenvalue weighted by Crippen LogP contribution is -2.49. The molecule has 2 saturated heterocycles. The average Bonchev–Trinajstić information content (AvgIpc) is 3.05. The monoisotopic (exact) mass is 593 g/mol. The first-order chi connectivity index (χ1) is 20.5. The first-order valence-corrected chi connectivity index (χ1v) is 16.5. The van der Waals surface area contributed by atoms with E-state index in [0.29, 0.717) is 50.0 Å². The van der Waals surface area contributed by atoms with E-state index in [9.17, 15) is 8.42 Å². The van der Waals surface area contributed by atoms with Gasteiger partial charge in [-0.3, -0.25) is 4.90 Å². The normalized spacial score (nSPS) is 17.7. The zero-order valence-electron chi connectivity index (χ0n) is 24.6. The highest BCUT2D eigenvalue weighted by molar-refractivity contribution is 7.89. The number of piperazine rings is 1. The van der Waals surface area contributed by atoms with Crippen molar-refractivity contribution in [1.82, 2.24) is 9.21 Å². The molecule has 0 spiro atoms. The minimum Gasteiger partial charge on any atom is -0.494 e. The van der Waals surface area contributed by atoms with E-state index in [0.717, 1.165) is 56.8 Å². The molecular formula is C33H43N3O5S. The fourth-order valence-corrected chi connectivity index (χ4v) is 6.80. The fourth-order valence-electron chi connectivity index (χ4n) is 5.38. The van der Waals surface area contributed by atoms with E-state index in [4.69, 9.17) is 14.2 Å². The molecule has 3 aromatic carbocycles. The highest BCUT2D eigenvalue weighted by atomic mass is 32.2. The van der Waals surface area contributed by atoms with Crippen LogP contribution < -0.4 is 9.64 Å². The SMILES string of the molecule is CCCCOc1ccc(S(=O)(=O)N2CCN(CCO[C@H](c3ccccc3)c3ccc(N4CCOCC4)cc3)CC2)cc1. The molecule has 2 aliphatic heterocycles. The predicted octanol–water partition coefficient (Wildman–Crippen LogP) is 4.81. The molecule has 0 aliphatic carbocycles. The van der Waals surface area contributed by atoms with Crippen LogP contribution in [0.15, 0.2) is 83.8 Å². The smallest absolute Gasteiger partial charge is 0.243 e. The van der Waals surface area contributed by atoms with Crippen LogP contribution in [-0.2, 0) is 19.5 Å². The molecule has 42 heavy (non-hydrogen) atoms. The highest BCUT2D eigenvalue weighted by Gasteiger charge is 2.28. The van der Waals surface area contributed by atoms with Gasteiger partial charge in [-0.05, 0) is 53.9 Å². The van der Waals surface area contributed by atoms with Gasteiger partial charge >= 0.3 is 0 Å². The van der Waals surface area contributed by atoms with Gasteiger partial charge in [-0.1, -0.05) is 55.8 Å². The molecule has 5 rings (SSSR count). The quantitative estimate of drug-likeness (QED) is 0.263. The Kier molecular flexibility index (Phi) is 10.9. The molecule has 0 bridgehead atoms. The van der Waals surface area contributed by atoms with Crippen molar-refractivity contribution < 1.29 is 22.6 Å². The fraction of sp³-hybridized carbons (Fsp3) is 0.455. The molecule has 0 unspecified atom stereocenters. The van der Waals surface area contributed by atoms with Gasteiger partial charge in [0, 0.05) is 51.5 Å². The summed E-state index contributed by atoms with van der Waals surface area (Å²) in [5, 5.41) is 0. The third kappa shape index (κ3) is 7.90. The third-order valence-corrected chi connectivity index (χ3v) is 9.84. The summed E-state index contributed by atoms with van der Waals surface area (Å²) in [6, 6.07) is 25.8. The van der Waals surface area contributed by atoms with Crippen LogP contribution in [0.4, 0.5) is 5.69 Å². The van der Waals surface area contributed by atoms with Gasteiger partial charge in [0.1, 0.15) is 11.9 Å². The van der Waals surface area contributed by atoms with Crippen LogP contribution in [0, 0.1) is 0 Å². The van der Waals surface area contributed by atoms with Crippen LogP contribution in [-0.4, -0.2) is 89.9 Å². The standard InChI is InChI=1S/C33H43N3O5S/c1-2-3-24-40-31-13-15-32(16-14-31)42(37,38)36-19-17-34(18-20-36)21-27-41-33(28-7-5-4-6-8-28)29-9-11-30(12-10-29)35-22-25-39-26-23-35/h4-16,33H,2-3,17-27H2,1H3/t33-/m1/s1. The van der Waals surface area contributed by atoms with Gasteiger partial charge in [0.15, 0.2) is 0 Å². The second-order valence-corrected chi connectivity index (χ2v) is 12.7. The van der Waals surface area contributed by atoms with E-state index >= 15 is 0 Å². The van der Waals surface area contributed by atoms with E-state index in [1.807, 2.05) is 18.2 Å². The number of anilines is 1. The molecule has 2 heterocycles. The van der Waals surface area contributed by atoms with Crippen LogP contribution in [0.1, 0.15) is 37.0 Å². The summed E-state index contributed by atoms with van der Waals surface area (Å²) in [6.07, 6.45) is 1.87. The van der Waals surface area contributed by atoms with E-state index < -0.39 is 10.0 Å². The van der Waals surface area contributed by atoms with Crippen LogP contribution in [0.3, 0.4) is 0 Å². The van der Waals surface area contributed by atoms with E-state index in [-0.39, 0.29) is 6.10 Å². The predicted molar refractivity (Wildman–Crippen MR) is 166 cm³/mol. The Morgan fingerprint density at radius 3 is 2.12 bits per heavy atom. The topological polar surface area (TPSA) is 71.6 Å². The minimum absolute atomic E-state index is 0.166. The Morgan fingerprint density at radius 1 is 0.786 bits per heavy atom. The Balaban J connectivity index is 1.13. The number of unbranched alkanes of at least 4 members (excludes halogenated alkanes) is 1. The zero-order valence-corrected chi connectivity index (χ0v) is 25.4. The summed E-state index contributed by atoms with van der Waals surface area (Å²) < 4.78 is 45.7. The first kappa shape index (κ1) is 30.5. The maximum atomic E-state index is 13.2. The molecule has 226 valence electrons. The highest BCUT2D eigenvalue weighted by Crippen LogP contribution is 2.28. The summed E-state index contributed by atoms with van der Waals surface area (Å²) in [5.74, 6) is 0.703. The number of ether oxygens (including phenoxy) is 3. The number of hydrogen-bond donors (Lipinski definition) is 0. The van der Waals surface area contributed by atoms with E-state index in [1.54, 1.807) is 28.6 Å². The molecular weight excluding hydrogens is 550 g/mol. The van der Waals surface area contributed by atoms with E-state index in [2.05, 4.69) is 53.1 Å². The Bertz CT molecular complexity index is 1320. The summed E-state index contributed by atoms with van der Waals surface area (Å²) in [6.45, 7) is 9.66. The van der Waals surface area contributed by atoms with Gasteiger partial charge < -0.3 is 19.1 Å². The summed E-state index contributed by atoms with van der Waals surface area (Å²) in [4.78, 5) is 4.94. The van der Waals surface area contributed by atoms with Crippen LogP contribution in [0.2, 0.25) is 0 Å². The van der Waals surface area contributed by atoms with Crippen molar-refractivity contribution in [3.63, 3.8) is 0 Å². The van der Waals surface area contributed by atoms with Crippen molar-refractivity contribution >= 4 is 15.7 Å². The maximum Gasteiger partial charge on any atom is 0.243 e. The number of morpholine rings is 1. The molecule has 3 aromatic rings. The van der Waals surface area contributed by atoms with Gasteiger partial charge in [-0.15, -0.1) is 0 Å². The number of hydrogen-bond acceptors (Lipinski definition) is 7. The summed E-state index contributed by atoms with van der Waals surface area (Å²) in [7, 11) is -3.54. The summed E-state index contributed by atoms with van der Waals surface area (Å²) in [5.41, 5.74) is 3.45. The van der Waals surface area contributed by atoms with Crippen LogP contribution in [0.25, 0.3) is 0 Å². The van der Waals surface area contributed by atoms with Gasteiger partial charge in [0.2, 0.25) is 10.0 Å². The molecule has 8 nitrogen and oxygen atoms in total. The Hall–Kier alpha value is -2.95. The van der Waals surface area contributed by atoms with Crippen molar-refractivity contribution in [2.75, 3.05) is 77.1 Å². The van der Waals surface area contributed by atoms with Crippen molar-refractivity contribution in [2.24, 2.45) is 0 Å². The molecule has 0 N–H and O–H groups in total. The molecule has 2 aliphatic rings. The number of benzene rings is 3. The number of rotatable bonds is 13. The molecule has 0 amide bonds. The molecule has 0 saturated carbocycles. The lowest BCUT2D eigenvalue weighted by atomic mass is 10.0. The molecule has 0 radical (unpaired) electrons. The number of nitrogens with zero attached hydrogens (tertiary/aromatic N) is 3. The van der Waals surface area contributed by atoms with Crippen molar-refractivity contribution in [2.45, 2.75) is 30.8 Å². The lowest BCUT2D eigenvalue weighted by molar-refractivity contribution is 0.0527. The lowest BCUT2D eigenvalue weighted by Gasteiger charge is -2.34. The minimum atomic E-state index is -3.54. The molecule has 9 heteroatoms. The summed E-state index contributed by atoms with van der Waals surface area (Å²) >= 11 is 0. The second kappa shape index (κ2) is 15.0. The molecule has 2 fully saturated rings. The molecule has 1 atom stereocenters. The average molecular weight is 594 g/mol. The van der Waals surface area contributed by atoms with Crippen molar-refractivity contribution in [3.05, 3.63) is 90.0 Å². The largest absolute Gasteiger partial charge is 0.494 e. The zero-order chi connectivity index (χ0) is 29.2. The van der Waals surface area contributed by atoms with E-state index in [1.165, 1.54) is 5.69 Å². The Labute approximate surface area is 250 Å². The second-order valence-electron chi connectivity index (χ2n) is 10.8. The van der Waals surface area contributed by atoms with Crippen LogP contribution >= 0.6 is 0 Å². The van der Waals surface area contributed by atoms with Gasteiger partial charge in [0.05, 0.1) is 31.3 Å². The third-order valence-electron chi connectivity index (χ3n) is 7.93. The van der Waals surface area contributed by atoms with Gasteiger partial charge in [0.25, 0.3) is 0 Å². The molecule has 0 aromatic heterocycles. The van der Waals surface area contributed by atoms with Crippen LogP contribution in [0.5, 0.6) is 5.75 Å². The van der Waals surface area contributed by atoms with Crippen molar-refractivity contribution in [3.8, 4) is 5.75 Å². The van der Waals surface area contributed by atoms with Crippen molar-refractivity contribution in [1.29, 1.82) is 0 Å². The number of sulfonamides is 1.